The van der Waals surface area contributed by atoms with Gasteiger partial charge in [0.05, 0.1) is 6.42 Å². The van der Waals surface area contributed by atoms with Crippen LogP contribution in [-0.4, -0.2) is 66.4 Å². The second-order valence-electron chi connectivity index (χ2n) is 10.7. The number of unbranched alkanes of at least 4 members (excludes halogenated alkanes) is 1. The quantitative estimate of drug-likeness (QED) is 0.351. The topological polar surface area (TPSA) is 94.6 Å². The van der Waals surface area contributed by atoms with Crippen LogP contribution in [-0.2, 0) is 26.2 Å². The van der Waals surface area contributed by atoms with E-state index in [9.17, 15) is 14.4 Å². The lowest BCUT2D eigenvalue weighted by atomic mass is 9.92. The number of pyridine rings is 1. The number of carbonyl (C=O) groups is 3. The molecule has 1 aliphatic heterocycles. The highest BCUT2D eigenvalue weighted by molar-refractivity contribution is 5.88. The van der Waals surface area contributed by atoms with Crippen molar-refractivity contribution >= 4 is 23.5 Å². The molecule has 2 heterocycles. The highest BCUT2D eigenvalue weighted by atomic mass is 16.2. The van der Waals surface area contributed by atoms with Crippen molar-refractivity contribution < 1.29 is 14.4 Å². The molecule has 0 bridgehead atoms. The van der Waals surface area contributed by atoms with Crippen LogP contribution in [0, 0.1) is 0 Å². The summed E-state index contributed by atoms with van der Waals surface area (Å²) in [7, 11) is 0. The molecule has 0 saturated carbocycles. The molecule has 1 atom stereocenters. The Morgan fingerprint density at radius 2 is 1.71 bits per heavy atom. The third-order valence-electron chi connectivity index (χ3n) is 6.66. The Hall–Kier alpha value is -3.68. The van der Waals surface area contributed by atoms with Crippen molar-refractivity contribution in [2.45, 2.75) is 57.9 Å². The van der Waals surface area contributed by atoms with Gasteiger partial charge in [-0.1, -0.05) is 63.7 Å². The van der Waals surface area contributed by atoms with E-state index in [4.69, 9.17) is 4.98 Å². The Kier molecular flexibility index (Phi) is 10.4. The van der Waals surface area contributed by atoms with Crippen LogP contribution >= 0.6 is 0 Å². The van der Waals surface area contributed by atoms with Gasteiger partial charge in [-0.2, -0.15) is 0 Å². The van der Waals surface area contributed by atoms with Gasteiger partial charge < -0.3 is 20.4 Å². The van der Waals surface area contributed by atoms with E-state index in [1.165, 1.54) is 6.08 Å². The number of hydrogen-bond donors (Lipinski definition) is 2. The molecule has 3 amide bonds. The van der Waals surface area contributed by atoms with Crippen LogP contribution in [0.4, 0.5) is 5.82 Å². The predicted octanol–water partition coefficient (Wildman–Crippen LogP) is 3.23. The minimum Gasteiger partial charge on any atom is -0.353 e. The van der Waals surface area contributed by atoms with Gasteiger partial charge in [-0.05, 0) is 43.0 Å². The van der Waals surface area contributed by atoms with E-state index in [1.807, 2.05) is 47.4 Å². The van der Waals surface area contributed by atoms with E-state index in [2.05, 4.69) is 49.0 Å². The summed E-state index contributed by atoms with van der Waals surface area (Å²) in [6.45, 7) is 12.9. The zero-order valence-corrected chi connectivity index (χ0v) is 22.9. The number of anilines is 1. The second-order valence-corrected chi connectivity index (χ2v) is 10.7. The van der Waals surface area contributed by atoms with Crippen molar-refractivity contribution in [1.82, 2.24) is 20.5 Å². The first-order valence-corrected chi connectivity index (χ1v) is 13.4. The fourth-order valence-electron chi connectivity index (χ4n) is 4.43. The molecule has 1 unspecified atom stereocenters. The van der Waals surface area contributed by atoms with Crippen molar-refractivity contribution in [2.75, 3.05) is 37.6 Å². The summed E-state index contributed by atoms with van der Waals surface area (Å²) in [6.07, 6.45) is 3.39. The molecule has 0 radical (unpaired) electrons. The van der Waals surface area contributed by atoms with Gasteiger partial charge >= 0.3 is 0 Å². The first kappa shape index (κ1) is 28.9. The molecule has 2 N–H and O–H groups in total. The number of aromatic nitrogens is 1. The van der Waals surface area contributed by atoms with Crippen LogP contribution in [0.15, 0.2) is 61.2 Å². The summed E-state index contributed by atoms with van der Waals surface area (Å²) in [4.78, 5) is 46.6. The standard InChI is InChI=1S/C30H41N5O3/c1-5-27(36)31-17-10-9-14-24(32-28(37)22-23-12-7-6-8-13-23)29(38)35-20-18-34(19-21-35)26-16-11-15-25(33-26)30(2,3)4/h5-8,11-13,15-16,24H,1,9-10,14,17-22H2,2-4H3,(H,31,36)(H,32,37). The number of piperazine rings is 1. The van der Waals surface area contributed by atoms with Crippen LogP contribution in [0.2, 0.25) is 0 Å². The van der Waals surface area contributed by atoms with Gasteiger partial charge in [-0.25, -0.2) is 4.98 Å². The van der Waals surface area contributed by atoms with E-state index in [1.54, 1.807) is 0 Å². The molecule has 8 nitrogen and oxygen atoms in total. The predicted molar refractivity (Wildman–Crippen MR) is 151 cm³/mol. The molecule has 1 saturated heterocycles. The summed E-state index contributed by atoms with van der Waals surface area (Å²) < 4.78 is 0. The molecule has 3 rings (SSSR count). The average molecular weight is 520 g/mol. The SMILES string of the molecule is C=CC(=O)NCCCCC(NC(=O)Cc1ccccc1)C(=O)N1CCN(c2cccc(C(C)(C)C)n2)CC1. The molecule has 1 aliphatic rings. The monoisotopic (exact) mass is 519 g/mol. The zero-order valence-electron chi connectivity index (χ0n) is 22.9. The Labute approximate surface area is 226 Å². The van der Waals surface area contributed by atoms with Crippen LogP contribution in [0.3, 0.4) is 0 Å². The number of nitrogens with one attached hydrogen (secondary N) is 2. The minimum absolute atomic E-state index is 0.0343. The average Bonchev–Trinajstić information content (AvgIpc) is 2.92. The lowest BCUT2D eigenvalue weighted by Crippen LogP contribution is -2.55. The number of rotatable bonds is 11. The first-order chi connectivity index (χ1) is 18.2. The van der Waals surface area contributed by atoms with E-state index in [0.29, 0.717) is 52.0 Å². The van der Waals surface area contributed by atoms with Crippen molar-refractivity contribution in [2.24, 2.45) is 0 Å². The van der Waals surface area contributed by atoms with Crippen LogP contribution in [0.5, 0.6) is 0 Å². The van der Waals surface area contributed by atoms with Crippen molar-refractivity contribution in [1.29, 1.82) is 0 Å². The third kappa shape index (κ3) is 8.71. The molecule has 1 aromatic carbocycles. The van der Waals surface area contributed by atoms with E-state index < -0.39 is 6.04 Å². The lowest BCUT2D eigenvalue weighted by molar-refractivity contribution is -0.136. The highest BCUT2D eigenvalue weighted by Crippen LogP contribution is 2.23. The Morgan fingerprint density at radius 1 is 1.00 bits per heavy atom. The normalized spacial score (nSPS) is 14.5. The summed E-state index contributed by atoms with van der Waals surface area (Å²) in [5.74, 6) is 0.488. The Balaban J connectivity index is 1.60. The van der Waals surface area contributed by atoms with Crippen LogP contribution in [0.1, 0.15) is 51.3 Å². The molecule has 2 aromatic rings. The van der Waals surface area contributed by atoms with Crippen LogP contribution in [0.25, 0.3) is 0 Å². The van der Waals surface area contributed by atoms with Crippen LogP contribution < -0.4 is 15.5 Å². The number of nitrogens with zero attached hydrogens (tertiary/aromatic N) is 3. The Bertz CT molecular complexity index is 1090. The van der Waals surface area contributed by atoms with E-state index >= 15 is 0 Å². The number of carbonyl (C=O) groups excluding carboxylic acids is 3. The first-order valence-electron chi connectivity index (χ1n) is 13.4. The third-order valence-corrected chi connectivity index (χ3v) is 6.66. The smallest absolute Gasteiger partial charge is 0.245 e. The number of benzene rings is 1. The molecule has 0 aliphatic carbocycles. The maximum absolute atomic E-state index is 13.5. The summed E-state index contributed by atoms with van der Waals surface area (Å²) in [5, 5.41) is 5.74. The molecular weight excluding hydrogens is 478 g/mol. The summed E-state index contributed by atoms with van der Waals surface area (Å²) in [6, 6.07) is 15.0. The number of amides is 3. The van der Waals surface area contributed by atoms with Crippen molar-refractivity contribution in [3.63, 3.8) is 0 Å². The molecule has 204 valence electrons. The van der Waals surface area contributed by atoms with E-state index in [-0.39, 0.29) is 29.6 Å². The minimum atomic E-state index is -0.602. The van der Waals surface area contributed by atoms with Gasteiger partial charge in [0, 0.05) is 43.8 Å². The molecule has 1 fully saturated rings. The second kappa shape index (κ2) is 13.7. The van der Waals surface area contributed by atoms with Gasteiger partial charge in [-0.3, -0.25) is 14.4 Å². The fourth-order valence-corrected chi connectivity index (χ4v) is 4.43. The highest BCUT2D eigenvalue weighted by Gasteiger charge is 2.29. The Morgan fingerprint density at radius 3 is 2.37 bits per heavy atom. The maximum atomic E-state index is 13.5. The van der Waals surface area contributed by atoms with Gasteiger partial charge in [0.1, 0.15) is 11.9 Å². The largest absolute Gasteiger partial charge is 0.353 e. The molecule has 0 spiro atoms. The summed E-state index contributed by atoms with van der Waals surface area (Å²) in [5.41, 5.74) is 1.91. The lowest BCUT2D eigenvalue weighted by Gasteiger charge is -2.37. The van der Waals surface area contributed by atoms with Crippen molar-refractivity contribution in [3.05, 3.63) is 72.4 Å². The van der Waals surface area contributed by atoms with Gasteiger partial charge in [0.25, 0.3) is 0 Å². The molecule has 8 heteroatoms. The van der Waals surface area contributed by atoms with Gasteiger partial charge in [0.15, 0.2) is 0 Å². The number of hydrogen-bond acceptors (Lipinski definition) is 5. The van der Waals surface area contributed by atoms with Crippen molar-refractivity contribution in [3.8, 4) is 0 Å². The zero-order chi connectivity index (χ0) is 27.5. The molecule has 38 heavy (non-hydrogen) atoms. The maximum Gasteiger partial charge on any atom is 0.245 e. The molecular formula is C30H41N5O3. The van der Waals surface area contributed by atoms with Gasteiger partial charge in [0.2, 0.25) is 17.7 Å². The van der Waals surface area contributed by atoms with Gasteiger partial charge in [-0.15, -0.1) is 0 Å². The summed E-state index contributed by atoms with van der Waals surface area (Å²) >= 11 is 0. The fraction of sp³-hybridized carbons (Fsp3) is 0.467. The van der Waals surface area contributed by atoms with E-state index in [0.717, 1.165) is 17.1 Å². The molecule has 1 aromatic heterocycles.